The van der Waals surface area contributed by atoms with Crippen LogP contribution < -0.4 is 0 Å². The number of carbonyl (C=O) groups is 1. The molecule has 2 rings (SSSR count). The summed E-state index contributed by atoms with van der Waals surface area (Å²) in [5.74, 6) is 3.32. The van der Waals surface area contributed by atoms with Crippen molar-refractivity contribution in [2.24, 2.45) is 5.92 Å². The molecule has 1 saturated carbocycles. The fourth-order valence-electron chi connectivity index (χ4n) is 1.77. The number of aromatic nitrogens is 1. The van der Waals surface area contributed by atoms with Gasteiger partial charge in [0.25, 0.3) is 0 Å². The van der Waals surface area contributed by atoms with E-state index >= 15 is 0 Å². The van der Waals surface area contributed by atoms with E-state index in [2.05, 4.69) is 10.9 Å². The molecule has 0 atom stereocenters. The number of hydrogen-bond donors (Lipinski definition) is 0. The molecule has 3 heteroatoms. The maximum absolute atomic E-state index is 12.1. The highest BCUT2D eigenvalue weighted by Gasteiger charge is 2.26. The van der Waals surface area contributed by atoms with Gasteiger partial charge in [0.2, 0.25) is 5.91 Å². The predicted molar refractivity (Wildman–Crippen MR) is 66.1 cm³/mol. The Morgan fingerprint density at radius 3 is 3.00 bits per heavy atom. The second-order valence-corrected chi connectivity index (χ2v) is 4.46. The normalized spacial score (nSPS) is 14.1. The van der Waals surface area contributed by atoms with Gasteiger partial charge in [-0.25, -0.2) is 0 Å². The first-order valence-electron chi connectivity index (χ1n) is 5.89. The molecule has 0 bridgehead atoms. The van der Waals surface area contributed by atoms with Crippen LogP contribution in [0.4, 0.5) is 0 Å². The van der Waals surface area contributed by atoms with Crippen LogP contribution in [0, 0.1) is 18.3 Å². The minimum atomic E-state index is 0.0999. The molecule has 0 aromatic carbocycles. The number of nitrogens with zero attached hydrogens (tertiary/aromatic N) is 2. The third kappa shape index (κ3) is 3.60. The zero-order chi connectivity index (χ0) is 12.1. The fourth-order valence-corrected chi connectivity index (χ4v) is 1.77. The van der Waals surface area contributed by atoms with Crippen LogP contribution in [-0.4, -0.2) is 28.9 Å². The molecule has 17 heavy (non-hydrogen) atoms. The van der Waals surface area contributed by atoms with Crippen LogP contribution in [0.2, 0.25) is 0 Å². The second kappa shape index (κ2) is 5.49. The maximum Gasteiger partial charge on any atom is 0.227 e. The van der Waals surface area contributed by atoms with E-state index in [9.17, 15) is 4.79 Å². The average Bonchev–Trinajstić information content (AvgIpc) is 3.14. The van der Waals surface area contributed by atoms with Crippen molar-refractivity contribution in [1.29, 1.82) is 0 Å². The lowest BCUT2D eigenvalue weighted by molar-refractivity contribution is -0.130. The van der Waals surface area contributed by atoms with Crippen LogP contribution >= 0.6 is 0 Å². The molecule has 0 unspecified atom stereocenters. The van der Waals surface area contributed by atoms with Crippen molar-refractivity contribution in [2.45, 2.75) is 19.3 Å². The van der Waals surface area contributed by atoms with Crippen molar-refractivity contribution in [3.63, 3.8) is 0 Å². The third-order valence-electron chi connectivity index (χ3n) is 2.89. The topological polar surface area (TPSA) is 33.2 Å². The molecule has 0 aliphatic heterocycles. The Morgan fingerprint density at radius 2 is 2.41 bits per heavy atom. The van der Waals surface area contributed by atoms with E-state index in [0.29, 0.717) is 18.9 Å². The van der Waals surface area contributed by atoms with E-state index < -0.39 is 0 Å². The monoisotopic (exact) mass is 228 g/mol. The van der Waals surface area contributed by atoms with Crippen LogP contribution in [0.15, 0.2) is 24.5 Å². The molecule has 0 N–H and O–H groups in total. The van der Waals surface area contributed by atoms with Gasteiger partial charge >= 0.3 is 0 Å². The molecule has 0 spiro atoms. The first-order valence-corrected chi connectivity index (χ1v) is 5.89. The lowest BCUT2D eigenvalue weighted by atomic mass is 10.2. The molecule has 3 nitrogen and oxygen atoms in total. The third-order valence-corrected chi connectivity index (χ3v) is 2.89. The number of amides is 1. The summed E-state index contributed by atoms with van der Waals surface area (Å²) in [7, 11) is 0. The van der Waals surface area contributed by atoms with Gasteiger partial charge in [0.1, 0.15) is 0 Å². The Labute approximate surface area is 102 Å². The number of rotatable bonds is 5. The summed E-state index contributed by atoms with van der Waals surface area (Å²) in [5.41, 5.74) is 0.940. The van der Waals surface area contributed by atoms with Crippen LogP contribution in [0.5, 0.6) is 0 Å². The standard InChI is InChI=1S/C14H16N2O/c1-2-8-16(11-12-5-6-12)14(17)9-13-4-3-7-15-10-13/h1,3-4,7,10,12H,5-6,8-9,11H2. The van der Waals surface area contributed by atoms with Crippen LogP contribution in [0.3, 0.4) is 0 Å². The molecule has 0 saturated heterocycles. The van der Waals surface area contributed by atoms with Crippen molar-refractivity contribution in [1.82, 2.24) is 9.88 Å². The summed E-state index contributed by atoms with van der Waals surface area (Å²) in [6, 6.07) is 3.76. The summed E-state index contributed by atoms with van der Waals surface area (Å²) in [6.07, 6.45) is 11.6. The van der Waals surface area contributed by atoms with E-state index in [-0.39, 0.29) is 5.91 Å². The molecule has 1 fully saturated rings. The van der Waals surface area contributed by atoms with Gasteiger partial charge < -0.3 is 4.90 Å². The Balaban J connectivity index is 1.93. The molecule has 0 radical (unpaired) electrons. The van der Waals surface area contributed by atoms with Gasteiger partial charge in [-0.1, -0.05) is 12.0 Å². The van der Waals surface area contributed by atoms with Crippen LogP contribution in [0.25, 0.3) is 0 Å². The molecule has 1 aromatic heterocycles. The van der Waals surface area contributed by atoms with Crippen molar-refractivity contribution in [3.8, 4) is 12.3 Å². The lowest BCUT2D eigenvalue weighted by Gasteiger charge is -2.19. The van der Waals surface area contributed by atoms with Crippen molar-refractivity contribution >= 4 is 5.91 Å². The summed E-state index contributed by atoms with van der Waals surface area (Å²) in [4.78, 5) is 17.9. The second-order valence-electron chi connectivity index (χ2n) is 4.46. The molecule has 1 amide bonds. The Bertz CT molecular complexity index is 418. The number of pyridine rings is 1. The van der Waals surface area contributed by atoms with Gasteiger partial charge in [0.15, 0.2) is 0 Å². The van der Waals surface area contributed by atoms with Gasteiger partial charge in [0, 0.05) is 18.9 Å². The molecule has 1 aliphatic rings. The maximum atomic E-state index is 12.1. The molecular weight excluding hydrogens is 212 g/mol. The molecule has 88 valence electrons. The summed E-state index contributed by atoms with van der Waals surface area (Å²) < 4.78 is 0. The molecular formula is C14H16N2O. The van der Waals surface area contributed by atoms with Gasteiger partial charge in [-0.15, -0.1) is 6.42 Å². The summed E-state index contributed by atoms with van der Waals surface area (Å²) >= 11 is 0. The van der Waals surface area contributed by atoms with E-state index in [1.54, 1.807) is 17.3 Å². The minimum absolute atomic E-state index is 0.0999. The number of carbonyl (C=O) groups excluding carboxylic acids is 1. The summed E-state index contributed by atoms with van der Waals surface area (Å²) in [6.45, 7) is 1.22. The lowest BCUT2D eigenvalue weighted by Crippen LogP contribution is -2.34. The first kappa shape index (κ1) is 11.7. The number of terminal acetylenes is 1. The van der Waals surface area contributed by atoms with E-state index in [0.717, 1.165) is 12.1 Å². The van der Waals surface area contributed by atoms with Gasteiger partial charge in [-0.2, -0.15) is 0 Å². The largest absolute Gasteiger partial charge is 0.331 e. The van der Waals surface area contributed by atoms with Crippen LogP contribution in [0.1, 0.15) is 18.4 Å². The van der Waals surface area contributed by atoms with E-state index in [4.69, 9.17) is 6.42 Å². The highest BCUT2D eigenvalue weighted by atomic mass is 16.2. The van der Waals surface area contributed by atoms with E-state index in [1.807, 2.05) is 12.1 Å². The van der Waals surface area contributed by atoms with Crippen molar-refractivity contribution < 1.29 is 4.79 Å². The van der Waals surface area contributed by atoms with Crippen molar-refractivity contribution in [3.05, 3.63) is 30.1 Å². The number of hydrogen-bond acceptors (Lipinski definition) is 2. The first-order chi connectivity index (χ1) is 8.29. The van der Waals surface area contributed by atoms with Gasteiger partial charge in [-0.05, 0) is 30.4 Å². The Kier molecular flexibility index (Phi) is 3.77. The van der Waals surface area contributed by atoms with Crippen LogP contribution in [-0.2, 0) is 11.2 Å². The zero-order valence-electron chi connectivity index (χ0n) is 9.80. The molecule has 1 aromatic rings. The zero-order valence-corrected chi connectivity index (χ0v) is 9.80. The molecule has 1 heterocycles. The minimum Gasteiger partial charge on any atom is -0.331 e. The van der Waals surface area contributed by atoms with Gasteiger partial charge in [0.05, 0.1) is 13.0 Å². The van der Waals surface area contributed by atoms with Gasteiger partial charge in [-0.3, -0.25) is 9.78 Å². The fraction of sp³-hybridized carbons (Fsp3) is 0.429. The Hall–Kier alpha value is -1.82. The smallest absolute Gasteiger partial charge is 0.227 e. The average molecular weight is 228 g/mol. The SMILES string of the molecule is C#CCN(CC1CC1)C(=O)Cc1cccnc1. The van der Waals surface area contributed by atoms with Crippen molar-refractivity contribution in [2.75, 3.05) is 13.1 Å². The highest BCUT2D eigenvalue weighted by Crippen LogP contribution is 2.29. The predicted octanol–water partition coefficient (Wildman–Crippen LogP) is 1.50. The van der Waals surface area contributed by atoms with E-state index in [1.165, 1.54) is 12.8 Å². The summed E-state index contributed by atoms with van der Waals surface area (Å²) in [5, 5.41) is 0. The highest BCUT2D eigenvalue weighted by molar-refractivity contribution is 5.79. The quantitative estimate of drug-likeness (QED) is 0.715. The Morgan fingerprint density at radius 1 is 1.59 bits per heavy atom. The molecule has 1 aliphatic carbocycles.